The van der Waals surface area contributed by atoms with Crippen molar-refractivity contribution in [1.82, 2.24) is 21.1 Å². The summed E-state index contributed by atoms with van der Waals surface area (Å²) in [7, 11) is 1.99. The first-order chi connectivity index (χ1) is 13.9. The molecule has 5 rings (SSSR count). The molecule has 1 heterocycles. The van der Waals surface area contributed by atoms with Crippen molar-refractivity contribution in [2.24, 2.45) is 11.3 Å². The number of carbonyl (C=O) groups is 2. The van der Waals surface area contributed by atoms with Crippen LogP contribution in [0, 0.1) is 17.2 Å². The number of likely N-dealkylation sites (N-methyl/N-ethyl adjacent to an activating group) is 1. The van der Waals surface area contributed by atoms with Gasteiger partial charge in [0.05, 0.1) is 10.4 Å². The molecular weight excluding hydrogens is 399 g/mol. The third kappa shape index (κ3) is 4.20. The van der Waals surface area contributed by atoms with Crippen molar-refractivity contribution in [1.29, 1.82) is 0 Å². The van der Waals surface area contributed by atoms with Gasteiger partial charge in [-0.2, -0.15) is 0 Å². The third-order valence-electron chi connectivity index (χ3n) is 6.46. The molecule has 1 aromatic rings. The Morgan fingerprint density at radius 3 is 2.86 bits per heavy atom. The van der Waals surface area contributed by atoms with E-state index < -0.39 is 5.82 Å². The second-order valence-electron chi connectivity index (χ2n) is 8.36. The summed E-state index contributed by atoms with van der Waals surface area (Å²) in [5, 5.41) is 8.12. The van der Waals surface area contributed by atoms with E-state index >= 15 is 0 Å². The number of nitrogens with zero attached hydrogens (tertiary/aromatic N) is 1. The number of nitrogens with one attached hydrogen (secondary N) is 3. The molecule has 0 aromatic heterocycles. The maximum Gasteiger partial charge on any atom is 0.258 e. The predicted octanol–water partition coefficient (Wildman–Crippen LogP) is 1.47. The Bertz CT molecular complexity index is 802. The largest absolute Gasteiger partial charge is 0.484 e. The lowest BCUT2D eigenvalue weighted by molar-refractivity contribution is -0.135. The van der Waals surface area contributed by atoms with Crippen LogP contribution in [0.1, 0.15) is 25.7 Å². The summed E-state index contributed by atoms with van der Waals surface area (Å²) in [5.41, 5.74) is 2.88. The van der Waals surface area contributed by atoms with Gasteiger partial charge in [-0.25, -0.2) is 9.40 Å². The summed E-state index contributed by atoms with van der Waals surface area (Å²) < 4.78 is 18.8. The van der Waals surface area contributed by atoms with Crippen LogP contribution >= 0.6 is 11.6 Å². The zero-order valence-corrected chi connectivity index (χ0v) is 17.1. The number of amides is 2. The van der Waals surface area contributed by atoms with Gasteiger partial charge >= 0.3 is 0 Å². The van der Waals surface area contributed by atoms with Crippen molar-refractivity contribution in [2.45, 2.75) is 37.8 Å². The maximum atomic E-state index is 13.4. The highest BCUT2D eigenvalue weighted by molar-refractivity contribution is 6.30. The van der Waals surface area contributed by atoms with Crippen LogP contribution in [0.5, 0.6) is 5.75 Å². The molecule has 1 aliphatic heterocycles. The molecule has 9 heteroatoms. The Kier molecular flexibility index (Phi) is 5.68. The smallest absolute Gasteiger partial charge is 0.258 e. The number of hydrazine groups is 1. The van der Waals surface area contributed by atoms with E-state index in [-0.39, 0.29) is 40.7 Å². The number of benzene rings is 1. The first-order valence-electron chi connectivity index (χ1n) is 9.98. The standard InChI is InChI=1S/C20H26ClFN4O3/c1-26-13(4-5-24-26)10-23-19(28)20-7-12(8-20)17(9-20)25-18(27)11-29-14-2-3-15(21)16(22)6-14/h2-3,6,12-13,17,24H,4-5,7-11H2,1H3,(H,23,28)(H,25,27)/t12?,13?,17-,20?/m0/s1. The SMILES string of the molecule is CN1NCCC1CNC(=O)C12CC(C1)[C@@H](NC(=O)COc1ccc(Cl)c(F)c1)C2. The molecule has 1 saturated heterocycles. The zero-order valence-electron chi connectivity index (χ0n) is 16.3. The summed E-state index contributed by atoms with van der Waals surface area (Å²) in [5.74, 6) is -0.187. The highest BCUT2D eigenvalue weighted by Crippen LogP contribution is 2.58. The van der Waals surface area contributed by atoms with Crippen LogP contribution in [0.3, 0.4) is 0 Å². The van der Waals surface area contributed by atoms with Crippen molar-refractivity contribution >= 4 is 23.4 Å². The molecule has 158 valence electrons. The minimum Gasteiger partial charge on any atom is -0.484 e. The third-order valence-corrected chi connectivity index (χ3v) is 6.77. The van der Waals surface area contributed by atoms with Gasteiger partial charge in [-0.3, -0.25) is 15.0 Å². The molecule has 3 saturated carbocycles. The quantitative estimate of drug-likeness (QED) is 0.617. The van der Waals surface area contributed by atoms with Gasteiger partial charge in [-0.15, -0.1) is 0 Å². The summed E-state index contributed by atoms with van der Waals surface area (Å²) in [4.78, 5) is 25.0. The van der Waals surface area contributed by atoms with E-state index in [1.54, 1.807) is 0 Å². The van der Waals surface area contributed by atoms with Crippen molar-refractivity contribution < 1.29 is 18.7 Å². The molecule has 0 radical (unpaired) electrons. The predicted molar refractivity (Wildman–Crippen MR) is 106 cm³/mol. The van der Waals surface area contributed by atoms with Crippen LogP contribution in [-0.4, -0.2) is 55.7 Å². The summed E-state index contributed by atoms with van der Waals surface area (Å²) in [6.07, 6.45) is 3.30. The number of halogens is 2. The molecular formula is C20H26ClFN4O3. The van der Waals surface area contributed by atoms with Crippen LogP contribution in [-0.2, 0) is 9.59 Å². The van der Waals surface area contributed by atoms with Gasteiger partial charge < -0.3 is 15.4 Å². The molecule has 4 aliphatic rings. The van der Waals surface area contributed by atoms with Gasteiger partial charge in [0, 0.05) is 38.3 Å². The van der Waals surface area contributed by atoms with Crippen LogP contribution in [0.25, 0.3) is 0 Å². The van der Waals surface area contributed by atoms with Gasteiger partial charge in [0.2, 0.25) is 5.91 Å². The minimum atomic E-state index is -0.589. The molecule has 1 aromatic carbocycles. The Labute approximate surface area is 174 Å². The normalized spacial score (nSPS) is 30.7. The fraction of sp³-hybridized carbons (Fsp3) is 0.600. The lowest BCUT2D eigenvalue weighted by Gasteiger charge is -2.37. The van der Waals surface area contributed by atoms with E-state index in [4.69, 9.17) is 16.3 Å². The average molecular weight is 425 g/mol. The van der Waals surface area contributed by atoms with Crippen LogP contribution in [0.15, 0.2) is 18.2 Å². The number of rotatable bonds is 7. The number of hydrogen-bond acceptors (Lipinski definition) is 5. The van der Waals surface area contributed by atoms with Gasteiger partial charge in [-0.1, -0.05) is 11.6 Å². The Balaban J connectivity index is 1.22. The second-order valence-corrected chi connectivity index (χ2v) is 8.77. The Morgan fingerprint density at radius 1 is 1.38 bits per heavy atom. The van der Waals surface area contributed by atoms with Crippen LogP contribution in [0.2, 0.25) is 5.02 Å². The fourth-order valence-electron chi connectivity index (χ4n) is 4.76. The highest BCUT2D eigenvalue weighted by Gasteiger charge is 2.60. The number of carbonyl (C=O) groups excluding carboxylic acids is 2. The topological polar surface area (TPSA) is 82.7 Å². The monoisotopic (exact) mass is 424 g/mol. The molecule has 0 spiro atoms. The molecule has 3 aliphatic carbocycles. The average Bonchev–Trinajstić information content (AvgIpc) is 3.33. The van der Waals surface area contributed by atoms with E-state index in [1.807, 2.05) is 12.1 Å². The van der Waals surface area contributed by atoms with Crippen LogP contribution in [0.4, 0.5) is 4.39 Å². The van der Waals surface area contributed by atoms with Crippen molar-refractivity contribution in [3.8, 4) is 5.75 Å². The van der Waals surface area contributed by atoms with Gasteiger partial charge in [0.25, 0.3) is 5.91 Å². The Hall–Kier alpha value is -1.90. The molecule has 1 unspecified atom stereocenters. The molecule has 4 fully saturated rings. The molecule has 2 amide bonds. The lowest BCUT2D eigenvalue weighted by atomic mass is 9.69. The summed E-state index contributed by atoms with van der Waals surface area (Å²) >= 11 is 5.63. The summed E-state index contributed by atoms with van der Waals surface area (Å²) in [6.45, 7) is 1.37. The second kappa shape index (κ2) is 8.08. The summed E-state index contributed by atoms with van der Waals surface area (Å²) in [6, 6.07) is 4.35. The molecule has 2 bridgehead atoms. The van der Waals surface area contributed by atoms with Crippen LogP contribution < -0.4 is 20.8 Å². The van der Waals surface area contributed by atoms with Crippen molar-refractivity contribution in [3.05, 3.63) is 29.0 Å². The zero-order chi connectivity index (χ0) is 20.6. The molecule has 7 nitrogen and oxygen atoms in total. The molecule has 29 heavy (non-hydrogen) atoms. The van der Waals surface area contributed by atoms with Crippen molar-refractivity contribution in [2.75, 3.05) is 26.7 Å². The van der Waals surface area contributed by atoms with E-state index in [2.05, 4.69) is 16.1 Å². The first-order valence-corrected chi connectivity index (χ1v) is 10.4. The maximum absolute atomic E-state index is 13.4. The van der Waals surface area contributed by atoms with E-state index in [9.17, 15) is 14.0 Å². The number of hydrogen-bond donors (Lipinski definition) is 3. The fourth-order valence-corrected chi connectivity index (χ4v) is 4.88. The van der Waals surface area contributed by atoms with Gasteiger partial charge in [-0.05, 0) is 43.7 Å². The lowest BCUT2D eigenvalue weighted by Crippen LogP contribution is -2.48. The minimum absolute atomic E-state index is 0.00643. The molecule has 2 atom stereocenters. The van der Waals surface area contributed by atoms with E-state index in [0.717, 1.165) is 31.9 Å². The highest BCUT2D eigenvalue weighted by atomic mass is 35.5. The number of ether oxygens (including phenoxy) is 1. The van der Waals surface area contributed by atoms with Gasteiger partial charge in [0.15, 0.2) is 6.61 Å². The first kappa shape index (κ1) is 20.4. The molecule has 3 N–H and O–H groups in total. The van der Waals surface area contributed by atoms with E-state index in [1.165, 1.54) is 12.1 Å². The van der Waals surface area contributed by atoms with Crippen molar-refractivity contribution in [3.63, 3.8) is 0 Å². The number of fused-ring (bicyclic) bond motifs is 1. The Morgan fingerprint density at radius 2 is 2.17 bits per heavy atom. The van der Waals surface area contributed by atoms with Gasteiger partial charge in [0.1, 0.15) is 11.6 Å². The van der Waals surface area contributed by atoms with E-state index in [0.29, 0.717) is 24.9 Å².